The Morgan fingerprint density at radius 3 is 2.40 bits per heavy atom. The third kappa shape index (κ3) is 4.64. The number of likely N-dealkylation sites (N-methyl/N-ethyl adjacent to an activating group) is 1. The first-order valence-electron chi connectivity index (χ1n) is 7.76. The molecule has 0 unspecified atom stereocenters. The molecule has 0 aliphatic rings. The summed E-state index contributed by atoms with van der Waals surface area (Å²) in [6.07, 6.45) is 0. The number of aryl methyl sites for hydroxylation is 1. The molecule has 0 spiro atoms. The fraction of sp³-hybridized carbons (Fsp3) is 0.333. The standard InChI is InChI=1S/C18H23NO5S/c1-14-6-5-7-16(12-14)24-11-10-19(2)25(20,21)18-13-15(22-3)8-9-17(18)23-4/h5-9,12-13H,10-11H2,1-4H3. The molecule has 2 aromatic carbocycles. The molecular formula is C18H23NO5S. The van der Waals surface area contributed by atoms with Crippen LogP contribution in [0.1, 0.15) is 5.56 Å². The summed E-state index contributed by atoms with van der Waals surface area (Å²) in [5, 5.41) is 0. The summed E-state index contributed by atoms with van der Waals surface area (Å²) in [7, 11) is 0.695. The Hall–Kier alpha value is -2.25. The minimum atomic E-state index is -3.73. The minimum absolute atomic E-state index is 0.0624. The summed E-state index contributed by atoms with van der Waals surface area (Å²) in [6.45, 7) is 2.42. The van der Waals surface area contributed by atoms with Gasteiger partial charge in [0.25, 0.3) is 0 Å². The second-order valence-corrected chi connectivity index (χ2v) is 7.52. The van der Waals surface area contributed by atoms with Crippen molar-refractivity contribution in [2.75, 3.05) is 34.4 Å². The number of rotatable bonds is 8. The molecule has 0 atom stereocenters. The number of methoxy groups -OCH3 is 2. The number of ether oxygens (including phenoxy) is 3. The maximum Gasteiger partial charge on any atom is 0.246 e. The van der Waals surface area contributed by atoms with Gasteiger partial charge in [0.05, 0.1) is 14.2 Å². The molecule has 0 heterocycles. The van der Waals surface area contributed by atoms with Crippen molar-refractivity contribution in [3.8, 4) is 17.2 Å². The highest BCUT2D eigenvalue weighted by Gasteiger charge is 2.25. The number of nitrogens with zero attached hydrogens (tertiary/aromatic N) is 1. The first-order chi connectivity index (χ1) is 11.9. The molecule has 2 rings (SSSR count). The summed E-state index contributed by atoms with van der Waals surface area (Å²) in [4.78, 5) is 0.0624. The van der Waals surface area contributed by atoms with Crippen molar-refractivity contribution in [2.24, 2.45) is 0 Å². The zero-order valence-electron chi connectivity index (χ0n) is 14.9. The van der Waals surface area contributed by atoms with E-state index in [1.165, 1.54) is 31.6 Å². The summed E-state index contributed by atoms with van der Waals surface area (Å²) >= 11 is 0. The zero-order chi connectivity index (χ0) is 18.4. The lowest BCUT2D eigenvalue weighted by molar-refractivity contribution is 0.286. The number of hydrogen-bond donors (Lipinski definition) is 0. The fourth-order valence-electron chi connectivity index (χ4n) is 2.27. The Morgan fingerprint density at radius 2 is 1.76 bits per heavy atom. The molecule has 0 amide bonds. The third-order valence-corrected chi connectivity index (χ3v) is 5.60. The van der Waals surface area contributed by atoms with E-state index < -0.39 is 10.0 Å². The quantitative estimate of drug-likeness (QED) is 0.720. The van der Waals surface area contributed by atoms with Crippen LogP contribution < -0.4 is 14.2 Å². The normalized spacial score (nSPS) is 11.4. The topological polar surface area (TPSA) is 65.1 Å². The molecule has 0 N–H and O–H groups in total. The predicted molar refractivity (Wildman–Crippen MR) is 96.0 cm³/mol. The molecule has 0 fully saturated rings. The van der Waals surface area contributed by atoms with Gasteiger partial charge in [-0.1, -0.05) is 12.1 Å². The molecular weight excluding hydrogens is 342 g/mol. The number of sulfonamides is 1. The molecule has 7 heteroatoms. The van der Waals surface area contributed by atoms with Gasteiger partial charge in [0.2, 0.25) is 10.0 Å². The van der Waals surface area contributed by atoms with Gasteiger partial charge in [0.1, 0.15) is 28.8 Å². The van der Waals surface area contributed by atoms with E-state index in [1.807, 2.05) is 31.2 Å². The van der Waals surface area contributed by atoms with Gasteiger partial charge in [-0.15, -0.1) is 0 Å². The van der Waals surface area contributed by atoms with Crippen molar-refractivity contribution >= 4 is 10.0 Å². The Kier molecular flexibility index (Phi) is 6.27. The summed E-state index contributed by atoms with van der Waals surface area (Å²) in [5.74, 6) is 1.43. The van der Waals surface area contributed by atoms with Gasteiger partial charge in [-0.05, 0) is 36.8 Å². The van der Waals surface area contributed by atoms with Gasteiger partial charge in [0.15, 0.2) is 0 Å². The molecule has 25 heavy (non-hydrogen) atoms. The summed E-state index contributed by atoms with van der Waals surface area (Å²) in [5.41, 5.74) is 1.08. The highest BCUT2D eigenvalue weighted by Crippen LogP contribution is 2.30. The van der Waals surface area contributed by atoms with Crippen molar-refractivity contribution in [2.45, 2.75) is 11.8 Å². The van der Waals surface area contributed by atoms with Crippen LogP contribution in [0.5, 0.6) is 17.2 Å². The van der Waals surface area contributed by atoms with Crippen molar-refractivity contribution in [1.29, 1.82) is 0 Å². The van der Waals surface area contributed by atoms with E-state index in [1.54, 1.807) is 12.1 Å². The van der Waals surface area contributed by atoms with E-state index in [9.17, 15) is 8.42 Å². The monoisotopic (exact) mass is 365 g/mol. The summed E-state index contributed by atoms with van der Waals surface area (Å²) < 4.78 is 42.8. The van der Waals surface area contributed by atoms with Crippen LogP contribution in [-0.4, -0.2) is 47.1 Å². The molecule has 136 valence electrons. The zero-order valence-corrected chi connectivity index (χ0v) is 15.7. The molecule has 0 aromatic heterocycles. The van der Waals surface area contributed by atoms with Crippen LogP contribution in [0.2, 0.25) is 0 Å². The molecule has 0 aliphatic heterocycles. The van der Waals surface area contributed by atoms with Gasteiger partial charge in [-0.2, -0.15) is 4.31 Å². The lowest BCUT2D eigenvalue weighted by atomic mass is 10.2. The lowest BCUT2D eigenvalue weighted by Gasteiger charge is -2.19. The number of benzene rings is 2. The van der Waals surface area contributed by atoms with Crippen molar-refractivity contribution in [3.05, 3.63) is 48.0 Å². The minimum Gasteiger partial charge on any atom is -0.497 e. The van der Waals surface area contributed by atoms with Crippen LogP contribution in [0.4, 0.5) is 0 Å². The van der Waals surface area contributed by atoms with E-state index in [4.69, 9.17) is 14.2 Å². The maximum absolute atomic E-state index is 12.8. The van der Waals surface area contributed by atoms with E-state index in [2.05, 4.69) is 0 Å². The molecule has 6 nitrogen and oxygen atoms in total. The average Bonchev–Trinajstić information content (AvgIpc) is 2.61. The van der Waals surface area contributed by atoms with E-state index in [-0.39, 0.29) is 23.8 Å². The molecule has 0 saturated carbocycles. The molecule has 0 radical (unpaired) electrons. The van der Waals surface area contributed by atoms with Crippen molar-refractivity contribution < 1.29 is 22.6 Å². The molecule has 0 saturated heterocycles. The van der Waals surface area contributed by atoms with Gasteiger partial charge in [0, 0.05) is 19.7 Å². The second kappa shape index (κ2) is 8.22. The van der Waals surface area contributed by atoms with Crippen LogP contribution in [0.25, 0.3) is 0 Å². The third-order valence-electron chi connectivity index (χ3n) is 3.72. The van der Waals surface area contributed by atoms with Crippen LogP contribution >= 0.6 is 0 Å². The smallest absolute Gasteiger partial charge is 0.246 e. The molecule has 0 bridgehead atoms. The van der Waals surface area contributed by atoms with Crippen LogP contribution in [-0.2, 0) is 10.0 Å². The van der Waals surface area contributed by atoms with E-state index >= 15 is 0 Å². The fourth-order valence-corrected chi connectivity index (χ4v) is 3.59. The Balaban J connectivity index is 2.10. The summed E-state index contributed by atoms with van der Waals surface area (Å²) in [6, 6.07) is 12.3. The van der Waals surface area contributed by atoms with Crippen molar-refractivity contribution in [1.82, 2.24) is 4.31 Å². The molecule has 0 aliphatic carbocycles. The van der Waals surface area contributed by atoms with E-state index in [0.29, 0.717) is 11.5 Å². The highest BCUT2D eigenvalue weighted by atomic mass is 32.2. The van der Waals surface area contributed by atoms with Crippen LogP contribution in [0, 0.1) is 6.92 Å². The Bertz CT molecular complexity index is 820. The van der Waals surface area contributed by atoms with Gasteiger partial charge in [-0.25, -0.2) is 8.42 Å². The highest BCUT2D eigenvalue weighted by molar-refractivity contribution is 7.89. The first kappa shape index (κ1) is 19.1. The SMILES string of the molecule is COc1ccc(OC)c(S(=O)(=O)N(C)CCOc2cccc(C)c2)c1. The van der Waals surface area contributed by atoms with Gasteiger partial charge < -0.3 is 14.2 Å². The van der Waals surface area contributed by atoms with Gasteiger partial charge >= 0.3 is 0 Å². The first-order valence-corrected chi connectivity index (χ1v) is 9.20. The van der Waals surface area contributed by atoms with E-state index in [0.717, 1.165) is 5.56 Å². The second-order valence-electron chi connectivity index (χ2n) is 5.51. The number of hydrogen-bond acceptors (Lipinski definition) is 5. The largest absolute Gasteiger partial charge is 0.497 e. The van der Waals surface area contributed by atoms with Crippen molar-refractivity contribution in [3.63, 3.8) is 0 Å². The Morgan fingerprint density at radius 1 is 1.00 bits per heavy atom. The van der Waals surface area contributed by atoms with Crippen LogP contribution in [0.3, 0.4) is 0 Å². The van der Waals surface area contributed by atoms with Crippen LogP contribution in [0.15, 0.2) is 47.4 Å². The Labute approximate surface area is 149 Å². The maximum atomic E-state index is 12.8. The molecule has 2 aromatic rings. The lowest BCUT2D eigenvalue weighted by Crippen LogP contribution is -2.31. The average molecular weight is 365 g/mol. The predicted octanol–water partition coefficient (Wildman–Crippen LogP) is 2.71. The van der Waals surface area contributed by atoms with Gasteiger partial charge in [-0.3, -0.25) is 0 Å².